The molecule has 2 N–H and O–H groups in total. The maximum Gasteiger partial charge on any atom is 0.408 e. The first kappa shape index (κ1) is 26.1. The zero-order valence-corrected chi connectivity index (χ0v) is 19.1. The molecular weight excluding hydrogens is 406 g/mol. The summed E-state index contributed by atoms with van der Waals surface area (Å²) in [5.41, 5.74) is -1.44. The third-order valence-electron chi connectivity index (χ3n) is 3.84. The van der Waals surface area contributed by atoms with E-state index in [1.807, 2.05) is 0 Å². The Morgan fingerprint density at radius 1 is 0.935 bits per heavy atom. The number of amides is 4. The second-order valence-corrected chi connectivity index (χ2v) is 9.17. The highest BCUT2D eigenvalue weighted by molar-refractivity contribution is 6.12. The number of rotatable bonds is 9. The summed E-state index contributed by atoms with van der Waals surface area (Å²) in [6.07, 6.45) is 2.85. The summed E-state index contributed by atoms with van der Waals surface area (Å²) >= 11 is 0. The van der Waals surface area contributed by atoms with Gasteiger partial charge in [0, 0.05) is 18.7 Å². The summed E-state index contributed by atoms with van der Waals surface area (Å²) < 4.78 is 10.4. The number of alkyl carbamates (subject to hydrolysis) is 1. The van der Waals surface area contributed by atoms with Crippen molar-refractivity contribution in [3.63, 3.8) is 0 Å². The largest absolute Gasteiger partial charge is 0.458 e. The van der Waals surface area contributed by atoms with Crippen molar-refractivity contribution in [3.8, 4) is 0 Å². The average molecular weight is 440 g/mol. The number of hydrogen-bond acceptors (Lipinski definition) is 7. The molecule has 31 heavy (non-hydrogen) atoms. The molecule has 1 aliphatic heterocycles. The molecule has 1 rings (SSSR count). The predicted octanol–water partition coefficient (Wildman–Crippen LogP) is 1.43. The van der Waals surface area contributed by atoms with E-state index in [1.54, 1.807) is 41.5 Å². The van der Waals surface area contributed by atoms with Gasteiger partial charge in [-0.1, -0.05) is 0 Å². The van der Waals surface area contributed by atoms with E-state index in [0.29, 0.717) is 12.8 Å². The fourth-order valence-electron chi connectivity index (χ4n) is 2.60. The summed E-state index contributed by atoms with van der Waals surface area (Å²) in [5.74, 6) is -1.91. The lowest BCUT2D eigenvalue weighted by Crippen LogP contribution is -2.48. The molecular formula is C21H33N3O7. The normalized spacial score (nSPS) is 15.0. The second-order valence-electron chi connectivity index (χ2n) is 9.17. The summed E-state index contributed by atoms with van der Waals surface area (Å²) in [7, 11) is 0. The van der Waals surface area contributed by atoms with Crippen molar-refractivity contribution < 1.29 is 33.4 Å². The first-order chi connectivity index (χ1) is 14.2. The predicted molar refractivity (Wildman–Crippen MR) is 112 cm³/mol. The Hall–Kier alpha value is -2.91. The minimum atomic E-state index is -0.935. The Kier molecular flexibility index (Phi) is 9.20. The van der Waals surface area contributed by atoms with Crippen molar-refractivity contribution in [1.82, 2.24) is 15.5 Å². The number of nitrogens with one attached hydrogen (secondary N) is 2. The Morgan fingerprint density at radius 3 is 2.00 bits per heavy atom. The van der Waals surface area contributed by atoms with Crippen LogP contribution in [0.2, 0.25) is 0 Å². The van der Waals surface area contributed by atoms with Gasteiger partial charge in [0.05, 0.1) is 0 Å². The van der Waals surface area contributed by atoms with E-state index in [9.17, 15) is 24.0 Å². The number of carbonyl (C=O) groups is 5. The molecule has 10 nitrogen and oxygen atoms in total. The highest BCUT2D eigenvalue weighted by atomic mass is 16.6. The Balaban J connectivity index is 2.57. The highest BCUT2D eigenvalue weighted by Crippen LogP contribution is 2.13. The van der Waals surface area contributed by atoms with Crippen molar-refractivity contribution in [2.24, 2.45) is 0 Å². The number of unbranched alkanes of at least 4 members (excludes halogenated alkanes) is 1. The molecule has 0 spiro atoms. The van der Waals surface area contributed by atoms with Crippen molar-refractivity contribution >= 4 is 29.8 Å². The molecule has 1 aliphatic rings. The van der Waals surface area contributed by atoms with E-state index in [0.717, 1.165) is 4.90 Å². The van der Waals surface area contributed by atoms with Gasteiger partial charge < -0.3 is 20.1 Å². The number of ether oxygens (including phenoxy) is 2. The zero-order chi connectivity index (χ0) is 23.8. The van der Waals surface area contributed by atoms with Gasteiger partial charge in [-0.2, -0.15) is 0 Å². The SMILES string of the molecule is CC(C)(C)OC(=O)NCC(=O)N[C@@H](CCCCN1C(=O)C=CC1=O)C(=O)OC(C)(C)C. The Bertz CT molecular complexity index is 714. The van der Waals surface area contributed by atoms with Gasteiger partial charge in [-0.25, -0.2) is 9.59 Å². The van der Waals surface area contributed by atoms with E-state index in [1.165, 1.54) is 12.2 Å². The summed E-state index contributed by atoms with van der Waals surface area (Å²) in [4.78, 5) is 60.7. The second kappa shape index (κ2) is 10.9. The smallest absolute Gasteiger partial charge is 0.408 e. The molecule has 0 fully saturated rings. The molecule has 1 heterocycles. The number of esters is 1. The standard InChI is InChI=1S/C21H33N3O7/c1-20(2,3)30-18(28)14(9-7-8-12-24-16(26)10-11-17(24)27)23-15(25)13-22-19(29)31-21(4,5)6/h10-11,14H,7-9,12-13H2,1-6H3,(H,22,29)(H,23,25)/t14-/m0/s1. The Labute approximate surface area is 182 Å². The molecule has 0 bridgehead atoms. The topological polar surface area (TPSA) is 131 Å². The van der Waals surface area contributed by atoms with E-state index >= 15 is 0 Å². The summed E-state index contributed by atoms with van der Waals surface area (Å²) in [6.45, 7) is 10.1. The van der Waals surface area contributed by atoms with Crippen molar-refractivity contribution in [1.29, 1.82) is 0 Å². The Morgan fingerprint density at radius 2 is 1.48 bits per heavy atom. The summed E-state index contributed by atoms with van der Waals surface area (Å²) in [6, 6.07) is -0.935. The number of nitrogens with zero attached hydrogens (tertiary/aromatic N) is 1. The third-order valence-corrected chi connectivity index (χ3v) is 3.84. The molecule has 4 amide bonds. The van der Waals surface area contributed by atoms with E-state index in [2.05, 4.69) is 10.6 Å². The van der Waals surface area contributed by atoms with Gasteiger partial charge in [-0.3, -0.25) is 19.3 Å². The maximum atomic E-state index is 12.5. The van der Waals surface area contributed by atoms with Crippen LogP contribution >= 0.6 is 0 Å². The monoisotopic (exact) mass is 439 g/mol. The van der Waals surface area contributed by atoms with Crippen LogP contribution in [-0.2, 0) is 28.7 Å². The van der Waals surface area contributed by atoms with Crippen LogP contribution in [0.4, 0.5) is 4.79 Å². The van der Waals surface area contributed by atoms with E-state index in [-0.39, 0.29) is 31.3 Å². The van der Waals surface area contributed by atoms with E-state index in [4.69, 9.17) is 9.47 Å². The lowest BCUT2D eigenvalue weighted by atomic mass is 10.1. The van der Waals surface area contributed by atoms with Crippen molar-refractivity contribution in [2.45, 2.75) is 78.0 Å². The van der Waals surface area contributed by atoms with Gasteiger partial charge in [0.2, 0.25) is 5.91 Å². The van der Waals surface area contributed by atoms with Gasteiger partial charge >= 0.3 is 12.1 Å². The molecule has 0 aromatic carbocycles. The molecule has 0 aromatic rings. The quantitative estimate of drug-likeness (QED) is 0.316. The molecule has 0 saturated carbocycles. The van der Waals surface area contributed by atoms with Crippen LogP contribution in [0.1, 0.15) is 60.8 Å². The molecule has 0 saturated heterocycles. The lowest BCUT2D eigenvalue weighted by molar-refractivity contribution is -0.159. The first-order valence-electron chi connectivity index (χ1n) is 10.2. The number of imide groups is 1. The van der Waals surface area contributed by atoms with Gasteiger partial charge in [0.25, 0.3) is 11.8 Å². The third kappa shape index (κ3) is 10.6. The van der Waals surface area contributed by atoms with Crippen LogP contribution in [0.5, 0.6) is 0 Å². The lowest BCUT2D eigenvalue weighted by Gasteiger charge is -2.25. The van der Waals surface area contributed by atoms with Crippen LogP contribution < -0.4 is 10.6 Å². The van der Waals surface area contributed by atoms with Crippen LogP contribution in [-0.4, -0.2) is 65.0 Å². The van der Waals surface area contributed by atoms with Gasteiger partial charge in [-0.15, -0.1) is 0 Å². The van der Waals surface area contributed by atoms with Crippen molar-refractivity contribution in [2.75, 3.05) is 13.1 Å². The van der Waals surface area contributed by atoms with Crippen LogP contribution in [0, 0.1) is 0 Å². The van der Waals surface area contributed by atoms with Gasteiger partial charge in [-0.05, 0) is 60.8 Å². The minimum Gasteiger partial charge on any atom is -0.458 e. The maximum absolute atomic E-state index is 12.5. The first-order valence-corrected chi connectivity index (χ1v) is 10.2. The highest BCUT2D eigenvalue weighted by Gasteiger charge is 2.27. The molecule has 0 aromatic heterocycles. The van der Waals surface area contributed by atoms with Gasteiger partial charge in [0.15, 0.2) is 0 Å². The van der Waals surface area contributed by atoms with Crippen LogP contribution in [0.25, 0.3) is 0 Å². The van der Waals surface area contributed by atoms with E-state index < -0.39 is 35.2 Å². The van der Waals surface area contributed by atoms with Crippen LogP contribution in [0.15, 0.2) is 12.2 Å². The number of hydrogen-bond donors (Lipinski definition) is 2. The molecule has 0 radical (unpaired) electrons. The zero-order valence-electron chi connectivity index (χ0n) is 19.1. The molecule has 0 aliphatic carbocycles. The molecule has 0 unspecified atom stereocenters. The number of carbonyl (C=O) groups excluding carboxylic acids is 5. The fourth-order valence-corrected chi connectivity index (χ4v) is 2.60. The molecule has 10 heteroatoms. The fraction of sp³-hybridized carbons (Fsp3) is 0.667. The average Bonchev–Trinajstić information content (AvgIpc) is 2.91. The van der Waals surface area contributed by atoms with Gasteiger partial charge in [0.1, 0.15) is 23.8 Å². The molecule has 1 atom stereocenters. The van der Waals surface area contributed by atoms with Crippen LogP contribution in [0.3, 0.4) is 0 Å². The minimum absolute atomic E-state index is 0.222. The van der Waals surface area contributed by atoms with Crippen molar-refractivity contribution in [3.05, 3.63) is 12.2 Å². The molecule has 174 valence electrons. The summed E-state index contributed by atoms with van der Waals surface area (Å²) in [5, 5.41) is 4.89.